The smallest absolute Gasteiger partial charge is 0.421 e. The molecule has 1 aliphatic heterocycles. The molecule has 3 rings (SSSR count). The van der Waals surface area contributed by atoms with Crippen LogP contribution >= 0.6 is 0 Å². The molecule has 0 radical (unpaired) electrons. The maximum Gasteiger partial charge on any atom is 0.421 e. The highest BCUT2D eigenvalue weighted by Crippen LogP contribution is 2.40. The van der Waals surface area contributed by atoms with Gasteiger partial charge < -0.3 is 19.5 Å². The second kappa shape index (κ2) is 13.3. The molecule has 41 heavy (non-hydrogen) atoms. The highest BCUT2D eigenvalue weighted by Gasteiger charge is 2.41. The van der Waals surface area contributed by atoms with E-state index >= 15 is 4.39 Å². The number of halogens is 6. The lowest BCUT2D eigenvalue weighted by Crippen LogP contribution is -2.46. The number of hydrogen-bond donors (Lipinski definition) is 1. The van der Waals surface area contributed by atoms with Gasteiger partial charge in [-0.2, -0.15) is 13.2 Å². The van der Waals surface area contributed by atoms with Crippen molar-refractivity contribution in [2.75, 3.05) is 39.2 Å². The lowest BCUT2D eigenvalue weighted by Gasteiger charge is -2.38. The Balaban J connectivity index is 1.91. The normalized spacial score (nSPS) is 18.3. The maximum absolute atomic E-state index is 15.0. The Morgan fingerprint density at radius 1 is 1.20 bits per heavy atom. The first-order valence-corrected chi connectivity index (χ1v) is 13.1. The predicted molar refractivity (Wildman–Crippen MR) is 140 cm³/mol. The van der Waals surface area contributed by atoms with Crippen LogP contribution in [0.2, 0.25) is 0 Å². The Bertz CT molecular complexity index is 1210. The van der Waals surface area contributed by atoms with Crippen molar-refractivity contribution in [3.63, 3.8) is 0 Å². The molecule has 1 aromatic carbocycles. The quantitative estimate of drug-likeness (QED) is 0.229. The summed E-state index contributed by atoms with van der Waals surface area (Å²) in [5, 5.41) is 2.88. The van der Waals surface area contributed by atoms with Gasteiger partial charge in [0.15, 0.2) is 11.6 Å². The van der Waals surface area contributed by atoms with Crippen LogP contribution in [0.3, 0.4) is 0 Å². The van der Waals surface area contributed by atoms with Crippen LogP contribution < -0.4 is 10.1 Å². The summed E-state index contributed by atoms with van der Waals surface area (Å²) < 4.78 is 101. The summed E-state index contributed by atoms with van der Waals surface area (Å²) in [5.41, 5.74) is -1.42. The zero-order chi connectivity index (χ0) is 30.5. The maximum atomic E-state index is 15.0. The third-order valence-corrected chi connectivity index (χ3v) is 6.49. The number of hydrogen-bond acceptors (Lipinski definition) is 7. The Morgan fingerprint density at radius 3 is 2.51 bits per heavy atom. The molecule has 2 heterocycles. The zero-order valence-corrected chi connectivity index (χ0v) is 23.6. The monoisotopic (exact) mass is 591 g/mol. The first kappa shape index (κ1) is 32.5. The van der Waals surface area contributed by atoms with Crippen LogP contribution in [0.5, 0.6) is 11.6 Å². The fraction of sp³-hybridized carbons (Fsp3) is 0.571. The predicted octanol–water partition coefficient (Wildman–Crippen LogP) is 6.77. The Labute approximate surface area is 235 Å². The highest BCUT2D eigenvalue weighted by atomic mass is 19.4. The molecular formula is C28H35F6N3O4. The van der Waals surface area contributed by atoms with Crippen LogP contribution in [-0.4, -0.2) is 61.7 Å². The Kier molecular flexibility index (Phi) is 10.5. The molecule has 1 saturated heterocycles. The average Bonchev–Trinajstić information content (AvgIpc) is 2.84. The number of rotatable bonds is 11. The summed E-state index contributed by atoms with van der Waals surface area (Å²) in [7, 11) is 2.55. The summed E-state index contributed by atoms with van der Waals surface area (Å²) >= 11 is 0. The molecule has 0 saturated carbocycles. The largest absolute Gasteiger partial charge is 0.465 e. The number of esters is 1. The molecule has 7 nitrogen and oxygen atoms in total. The van der Waals surface area contributed by atoms with E-state index in [-0.39, 0.29) is 54.3 Å². The molecule has 0 bridgehead atoms. The molecule has 1 N–H and O–H groups in total. The van der Waals surface area contributed by atoms with E-state index in [9.17, 15) is 26.7 Å². The summed E-state index contributed by atoms with van der Waals surface area (Å²) in [6.45, 7) is 5.35. The van der Waals surface area contributed by atoms with Crippen LogP contribution in [0.1, 0.15) is 55.1 Å². The molecule has 0 spiro atoms. The number of likely N-dealkylation sites (tertiary alicyclic amines) is 1. The van der Waals surface area contributed by atoms with Gasteiger partial charge in [0.25, 0.3) is 5.92 Å². The Hall–Kier alpha value is -3.06. The van der Waals surface area contributed by atoms with Gasteiger partial charge in [0.1, 0.15) is 5.56 Å². The number of nitrogens with one attached hydrogen (secondary N) is 1. The number of carbonyl (C=O) groups excluding carboxylic acids is 1. The second-order valence-electron chi connectivity index (χ2n) is 10.8. The number of methoxy groups -OCH3 is 2. The van der Waals surface area contributed by atoms with Gasteiger partial charge in [0.05, 0.1) is 31.5 Å². The molecule has 13 heteroatoms. The van der Waals surface area contributed by atoms with E-state index in [2.05, 4.69) is 10.3 Å². The molecule has 228 valence electrons. The third kappa shape index (κ3) is 8.96. The van der Waals surface area contributed by atoms with Crippen molar-refractivity contribution in [2.45, 2.75) is 58.3 Å². The van der Waals surface area contributed by atoms with E-state index in [1.165, 1.54) is 12.0 Å². The Morgan fingerprint density at radius 2 is 1.90 bits per heavy atom. The van der Waals surface area contributed by atoms with Gasteiger partial charge in [-0.15, -0.1) is 0 Å². The summed E-state index contributed by atoms with van der Waals surface area (Å²) in [4.78, 5) is 17.5. The number of pyridine rings is 1. The van der Waals surface area contributed by atoms with E-state index < -0.39 is 47.6 Å². The minimum absolute atomic E-state index is 0.0275. The van der Waals surface area contributed by atoms with Crippen molar-refractivity contribution < 1.29 is 45.3 Å². The fourth-order valence-corrected chi connectivity index (χ4v) is 5.07. The van der Waals surface area contributed by atoms with Gasteiger partial charge in [-0.25, -0.2) is 22.9 Å². The molecule has 0 amide bonds. The summed E-state index contributed by atoms with van der Waals surface area (Å²) in [6, 6.07) is 2.23. The molecule has 2 atom stereocenters. The summed E-state index contributed by atoms with van der Waals surface area (Å²) in [5.74, 6) is -6.63. The van der Waals surface area contributed by atoms with Crippen molar-refractivity contribution in [3.8, 4) is 11.6 Å². The number of alkyl halides is 5. The number of anilines is 1. The number of benzene rings is 1. The van der Waals surface area contributed by atoms with E-state index in [1.54, 1.807) is 6.92 Å². The number of aromatic nitrogens is 1. The lowest BCUT2D eigenvalue weighted by atomic mass is 9.88. The van der Waals surface area contributed by atoms with Gasteiger partial charge >= 0.3 is 12.1 Å². The standard InChI is InChI=1S/C28H35F6N3O4/c1-16(2)6-18-10-27(30,31)15-37(12-18)13-19-7-21(28(32,33)34)25(35-11-19)41-24-8-20(26(38)40-5)23(9-22(24)29)36-17(3)14-39-4/h7-9,11,16-18,36H,6,10,12-15H2,1-5H3/t17-,18?/m0/s1. The SMILES string of the molecule is COC[C@H](C)Nc1cc(F)c(Oc2ncc(CN3CC(CC(C)C)CC(F)(F)C3)cc2C(F)(F)F)cc1C(=O)OC. The first-order valence-electron chi connectivity index (χ1n) is 13.1. The minimum Gasteiger partial charge on any atom is -0.465 e. The molecule has 1 aromatic heterocycles. The van der Waals surface area contributed by atoms with Crippen molar-refractivity contribution >= 4 is 11.7 Å². The van der Waals surface area contributed by atoms with Crippen molar-refractivity contribution in [1.82, 2.24) is 9.88 Å². The second-order valence-corrected chi connectivity index (χ2v) is 10.8. The molecule has 0 aliphatic carbocycles. The molecule has 1 fully saturated rings. The van der Waals surface area contributed by atoms with Crippen LogP contribution in [0.4, 0.5) is 32.0 Å². The fourth-order valence-electron chi connectivity index (χ4n) is 5.07. The number of nitrogens with zero attached hydrogens (tertiary/aromatic N) is 2. The van der Waals surface area contributed by atoms with Crippen LogP contribution in [0.15, 0.2) is 24.4 Å². The van der Waals surface area contributed by atoms with Gasteiger partial charge in [0, 0.05) is 51.0 Å². The van der Waals surface area contributed by atoms with Crippen molar-refractivity contribution in [1.29, 1.82) is 0 Å². The first-order chi connectivity index (χ1) is 19.1. The van der Waals surface area contributed by atoms with E-state index in [1.807, 2.05) is 13.8 Å². The van der Waals surface area contributed by atoms with Crippen LogP contribution in [-0.2, 0) is 22.2 Å². The molecule has 1 unspecified atom stereocenters. The van der Waals surface area contributed by atoms with E-state index in [4.69, 9.17) is 14.2 Å². The third-order valence-electron chi connectivity index (χ3n) is 6.49. The summed E-state index contributed by atoms with van der Waals surface area (Å²) in [6.07, 6.45) is -3.57. The molecular weight excluding hydrogens is 556 g/mol. The van der Waals surface area contributed by atoms with Gasteiger partial charge in [-0.05, 0) is 36.8 Å². The van der Waals surface area contributed by atoms with E-state index in [0.29, 0.717) is 13.0 Å². The van der Waals surface area contributed by atoms with Crippen molar-refractivity contribution in [3.05, 3.63) is 46.9 Å². The lowest BCUT2D eigenvalue weighted by molar-refractivity contribution is -0.139. The van der Waals surface area contributed by atoms with E-state index in [0.717, 1.165) is 31.5 Å². The van der Waals surface area contributed by atoms with Crippen LogP contribution in [0.25, 0.3) is 0 Å². The topological polar surface area (TPSA) is 72.9 Å². The number of piperidine rings is 1. The molecule has 1 aliphatic rings. The van der Waals surface area contributed by atoms with Gasteiger partial charge in [-0.1, -0.05) is 13.8 Å². The zero-order valence-electron chi connectivity index (χ0n) is 23.6. The average molecular weight is 592 g/mol. The number of carbonyl (C=O) groups is 1. The van der Waals surface area contributed by atoms with Crippen LogP contribution in [0, 0.1) is 17.7 Å². The minimum atomic E-state index is -4.96. The molecule has 2 aromatic rings. The van der Waals surface area contributed by atoms with Gasteiger partial charge in [0.2, 0.25) is 5.88 Å². The highest BCUT2D eigenvalue weighted by molar-refractivity contribution is 5.96. The number of ether oxygens (including phenoxy) is 3. The van der Waals surface area contributed by atoms with Crippen molar-refractivity contribution in [2.24, 2.45) is 11.8 Å². The van der Waals surface area contributed by atoms with Gasteiger partial charge in [-0.3, -0.25) is 4.90 Å².